The van der Waals surface area contributed by atoms with Crippen LogP contribution in [0.15, 0.2) is 134 Å². The lowest BCUT2D eigenvalue weighted by molar-refractivity contribution is -0.301. The fourth-order valence-electron chi connectivity index (χ4n) is 7.48. The van der Waals surface area contributed by atoms with Crippen LogP contribution in [0.2, 0.25) is 0 Å². The van der Waals surface area contributed by atoms with Gasteiger partial charge in [0.15, 0.2) is 24.6 Å². The Morgan fingerprint density at radius 3 is 1.24 bits per heavy atom. The first-order chi connectivity index (χ1) is 36.6. The van der Waals surface area contributed by atoms with Crippen molar-refractivity contribution >= 4 is 23.9 Å². The van der Waals surface area contributed by atoms with Gasteiger partial charge in [0.05, 0.1) is 6.61 Å². The van der Waals surface area contributed by atoms with E-state index < -0.39 is 67.3 Å². The van der Waals surface area contributed by atoms with Gasteiger partial charge in [0, 0.05) is 19.3 Å². The highest BCUT2D eigenvalue weighted by Crippen LogP contribution is 2.26. The first-order valence-electron chi connectivity index (χ1n) is 28.2. The second-order valence-corrected chi connectivity index (χ2v) is 18.4. The molecule has 0 aromatic rings. The van der Waals surface area contributed by atoms with Crippen molar-refractivity contribution in [3.63, 3.8) is 0 Å². The van der Waals surface area contributed by atoms with Gasteiger partial charge in [0.25, 0.3) is 0 Å². The molecular formula is C63H96O12. The van der Waals surface area contributed by atoms with Gasteiger partial charge in [0.1, 0.15) is 18.8 Å². The number of carboxylic acids is 1. The van der Waals surface area contributed by atoms with Crippen LogP contribution >= 0.6 is 0 Å². The molecule has 0 aromatic carbocycles. The van der Waals surface area contributed by atoms with E-state index in [0.29, 0.717) is 19.3 Å². The SMILES string of the molecule is CC/C=C\C/C=C\C/C=C\C/C=C\CCCCCCC(=O)OC1C(OCC(COC(=O)CCCC/C=C\C/C=C\C/C=C\C/C=C\CC)OC(=O)CCCCC/C=C\C/C=C\C/C=C\CC)OC(C(=O)O)C(O)C1O. The predicted molar refractivity (Wildman–Crippen MR) is 303 cm³/mol. The zero-order valence-corrected chi connectivity index (χ0v) is 46.0. The topological polar surface area (TPSA) is 175 Å². The zero-order valence-electron chi connectivity index (χ0n) is 46.0. The summed E-state index contributed by atoms with van der Waals surface area (Å²) in [6.07, 6.45) is 57.2. The maximum atomic E-state index is 13.1. The highest BCUT2D eigenvalue weighted by atomic mass is 16.7. The van der Waals surface area contributed by atoms with Gasteiger partial charge in [0.2, 0.25) is 0 Å². The Morgan fingerprint density at radius 1 is 0.440 bits per heavy atom. The number of ether oxygens (including phenoxy) is 5. The molecule has 1 saturated heterocycles. The smallest absolute Gasteiger partial charge is 0.335 e. The Kier molecular flexibility index (Phi) is 45.0. The number of carbonyl (C=O) groups excluding carboxylic acids is 3. The lowest BCUT2D eigenvalue weighted by atomic mass is 9.98. The summed E-state index contributed by atoms with van der Waals surface area (Å²) in [7, 11) is 0. The normalized spacial score (nSPS) is 19.2. The van der Waals surface area contributed by atoms with Crippen LogP contribution in [-0.2, 0) is 42.9 Å². The third-order valence-electron chi connectivity index (χ3n) is 11.7. The lowest BCUT2D eigenvalue weighted by Crippen LogP contribution is -2.61. The van der Waals surface area contributed by atoms with E-state index >= 15 is 0 Å². The maximum absolute atomic E-state index is 13.1. The van der Waals surface area contributed by atoms with Gasteiger partial charge in [-0.1, -0.05) is 174 Å². The molecule has 420 valence electrons. The van der Waals surface area contributed by atoms with Gasteiger partial charge in [-0.25, -0.2) is 4.79 Å². The van der Waals surface area contributed by atoms with Crippen molar-refractivity contribution in [1.29, 1.82) is 0 Å². The van der Waals surface area contributed by atoms with Crippen molar-refractivity contribution in [1.82, 2.24) is 0 Å². The Hall–Kier alpha value is -5.14. The standard InChI is InChI=1S/C63H96O12/c1-4-7-10-13-16-19-22-25-27-28-30-33-36-39-42-45-48-51-57(66)74-61-59(68)58(67)60(62(69)70)75-63(61)72-53-54(73-56(65)50-47-44-41-38-35-31-24-21-18-15-12-9-6-3)52-71-55(64)49-46-43-40-37-34-32-29-26-23-20-17-14-11-8-5-2/h7-12,16-21,25-27,29-31,33-35,37,54,58-61,63,67-68H,4-6,13-15,22-24,28,32,36,38-53H2,1-3H3,(H,69,70)/b10-7-,11-8-,12-9-,19-16-,20-17-,21-18-,27-25-,29-26-,33-30-,35-31-,37-34-. The number of hydrogen-bond donors (Lipinski definition) is 3. The van der Waals surface area contributed by atoms with Gasteiger partial charge < -0.3 is 39.0 Å². The van der Waals surface area contributed by atoms with E-state index in [9.17, 15) is 34.5 Å². The quantitative estimate of drug-likeness (QED) is 0.0228. The van der Waals surface area contributed by atoms with Crippen molar-refractivity contribution in [2.75, 3.05) is 13.2 Å². The molecule has 1 heterocycles. The number of hydrogen-bond acceptors (Lipinski definition) is 11. The average molecular weight is 1050 g/mol. The van der Waals surface area contributed by atoms with Crippen molar-refractivity contribution in [3.05, 3.63) is 134 Å². The fraction of sp³-hybridized carbons (Fsp3) is 0.587. The monoisotopic (exact) mass is 1040 g/mol. The summed E-state index contributed by atoms with van der Waals surface area (Å²) in [6.45, 7) is 5.55. The van der Waals surface area contributed by atoms with Crippen LogP contribution in [0.5, 0.6) is 0 Å². The van der Waals surface area contributed by atoms with Crippen LogP contribution < -0.4 is 0 Å². The molecule has 75 heavy (non-hydrogen) atoms. The summed E-state index contributed by atoms with van der Waals surface area (Å²) < 4.78 is 28.3. The van der Waals surface area contributed by atoms with Gasteiger partial charge in [-0.05, 0) is 128 Å². The Bertz CT molecular complexity index is 1810. The molecule has 0 aliphatic carbocycles. The highest BCUT2D eigenvalue weighted by molar-refractivity contribution is 5.74. The maximum Gasteiger partial charge on any atom is 0.335 e. The van der Waals surface area contributed by atoms with E-state index in [0.717, 1.165) is 128 Å². The molecular weight excluding hydrogens is 949 g/mol. The Labute approximate surface area is 451 Å². The number of esters is 3. The van der Waals surface area contributed by atoms with E-state index in [2.05, 4.69) is 154 Å². The van der Waals surface area contributed by atoms with E-state index in [-0.39, 0.29) is 25.9 Å². The minimum absolute atomic E-state index is 0.0167. The molecule has 0 spiro atoms. The van der Waals surface area contributed by atoms with Crippen LogP contribution in [0, 0.1) is 0 Å². The lowest BCUT2D eigenvalue weighted by Gasteiger charge is -2.40. The molecule has 0 amide bonds. The van der Waals surface area contributed by atoms with E-state index in [1.807, 2.05) is 0 Å². The fourth-order valence-corrected chi connectivity index (χ4v) is 7.48. The van der Waals surface area contributed by atoms with Gasteiger partial charge in [-0.2, -0.15) is 0 Å². The molecule has 12 heteroatoms. The van der Waals surface area contributed by atoms with Crippen molar-refractivity contribution < 1.29 is 58.2 Å². The van der Waals surface area contributed by atoms with Crippen molar-refractivity contribution in [2.24, 2.45) is 0 Å². The van der Waals surface area contributed by atoms with E-state index in [4.69, 9.17) is 23.7 Å². The van der Waals surface area contributed by atoms with Gasteiger partial charge in [-0.3, -0.25) is 14.4 Å². The summed E-state index contributed by atoms with van der Waals surface area (Å²) in [5.74, 6) is -3.27. The number of carbonyl (C=O) groups is 4. The minimum atomic E-state index is -1.93. The predicted octanol–water partition coefficient (Wildman–Crippen LogP) is 14.2. The van der Waals surface area contributed by atoms with Crippen LogP contribution in [0.25, 0.3) is 0 Å². The average Bonchev–Trinajstić information content (AvgIpc) is 3.39. The minimum Gasteiger partial charge on any atom is -0.479 e. The number of aliphatic hydroxyl groups excluding tert-OH is 2. The molecule has 0 saturated carbocycles. The Balaban J connectivity index is 2.77. The summed E-state index contributed by atoms with van der Waals surface area (Å²) in [5.41, 5.74) is 0. The molecule has 1 rings (SSSR count). The van der Waals surface area contributed by atoms with E-state index in [1.165, 1.54) is 0 Å². The van der Waals surface area contributed by atoms with Crippen LogP contribution in [0.4, 0.5) is 0 Å². The molecule has 1 aliphatic rings. The number of rotatable bonds is 45. The number of aliphatic hydroxyl groups is 2. The molecule has 6 atom stereocenters. The molecule has 1 aliphatic heterocycles. The third kappa shape index (κ3) is 39.9. The van der Waals surface area contributed by atoms with Gasteiger partial charge in [-0.15, -0.1) is 0 Å². The second-order valence-electron chi connectivity index (χ2n) is 18.4. The zero-order chi connectivity index (χ0) is 54.7. The molecule has 0 radical (unpaired) electrons. The highest BCUT2D eigenvalue weighted by Gasteiger charge is 2.50. The van der Waals surface area contributed by atoms with Crippen LogP contribution in [-0.4, -0.2) is 89.2 Å². The molecule has 6 unspecified atom stereocenters. The van der Waals surface area contributed by atoms with Gasteiger partial charge >= 0.3 is 23.9 Å². The number of carboxylic acid groups (broad SMARTS) is 1. The molecule has 1 fully saturated rings. The molecule has 0 aromatic heterocycles. The summed E-state index contributed by atoms with van der Waals surface area (Å²) in [5, 5.41) is 31.4. The van der Waals surface area contributed by atoms with E-state index in [1.54, 1.807) is 0 Å². The second kappa shape index (κ2) is 49.7. The van der Waals surface area contributed by atoms with Crippen molar-refractivity contribution in [2.45, 2.75) is 225 Å². The first kappa shape index (κ1) is 67.9. The summed E-state index contributed by atoms with van der Waals surface area (Å²) in [4.78, 5) is 51.0. The Morgan fingerprint density at radius 2 is 0.800 bits per heavy atom. The molecule has 12 nitrogen and oxygen atoms in total. The molecule has 0 bridgehead atoms. The number of allylic oxidation sites excluding steroid dienone is 22. The third-order valence-corrected chi connectivity index (χ3v) is 11.7. The summed E-state index contributed by atoms with van der Waals surface area (Å²) in [6, 6.07) is 0. The van der Waals surface area contributed by atoms with Crippen molar-refractivity contribution in [3.8, 4) is 0 Å². The summed E-state index contributed by atoms with van der Waals surface area (Å²) >= 11 is 0. The number of unbranched alkanes of at least 4 members (excludes halogenated alkanes) is 9. The van der Waals surface area contributed by atoms with Crippen LogP contribution in [0.3, 0.4) is 0 Å². The number of aliphatic carboxylic acids is 1. The molecule has 3 N–H and O–H groups in total. The first-order valence-corrected chi connectivity index (χ1v) is 28.2. The largest absolute Gasteiger partial charge is 0.479 e. The van der Waals surface area contributed by atoms with Crippen LogP contribution in [0.1, 0.15) is 188 Å².